The summed E-state index contributed by atoms with van der Waals surface area (Å²) in [5.74, 6) is 0. The maximum atomic E-state index is 11.6. The Hall–Kier alpha value is -0.550. The normalized spacial score (nSPS) is 10.8. The number of pyridine rings is 1. The number of hydrogen-bond acceptors (Lipinski definition) is 2. The number of rotatable bonds is 4. The molecule has 0 amide bonds. The molecule has 0 fully saturated rings. The SMILES string of the molecule is FC(F)COCc1ccc(Br)cn1. The maximum Gasteiger partial charge on any atom is 0.261 e. The summed E-state index contributed by atoms with van der Waals surface area (Å²) >= 11 is 3.21. The zero-order valence-electron chi connectivity index (χ0n) is 6.71. The van der Waals surface area contributed by atoms with Crippen molar-refractivity contribution in [3.8, 4) is 0 Å². The molecule has 0 aliphatic heterocycles. The third-order valence-corrected chi connectivity index (χ3v) is 1.75. The van der Waals surface area contributed by atoms with Gasteiger partial charge in [0, 0.05) is 10.7 Å². The van der Waals surface area contributed by atoms with Crippen LogP contribution in [-0.2, 0) is 11.3 Å². The van der Waals surface area contributed by atoms with Crippen LogP contribution in [-0.4, -0.2) is 18.0 Å². The molecule has 72 valence electrons. The van der Waals surface area contributed by atoms with E-state index in [1.165, 1.54) is 0 Å². The Morgan fingerprint density at radius 3 is 2.77 bits per heavy atom. The molecule has 2 nitrogen and oxygen atoms in total. The molecule has 5 heteroatoms. The summed E-state index contributed by atoms with van der Waals surface area (Å²) in [6.45, 7) is -0.421. The molecule has 0 N–H and O–H groups in total. The summed E-state index contributed by atoms with van der Waals surface area (Å²) in [6, 6.07) is 3.50. The van der Waals surface area contributed by atoms with Crippen molar-refractivity contribution in [2.75, 3.05) is 6.61 Å². The van der Waals surface area contributed by atoms with Gasteiger partial charge < -0.3 is 4.74 Å². The molecule has 0 aliphatic carbocycles. The van der Waals surface area contributed by atoms with Crippen molar-refractivity contribution in [1.29, 1.82) is 0 Å². The first-order chi connectivity index (χ1) is 6.18. The highest BCUT2D eigenvalue weighted by Gasteiger charge is 2.02. The van der Waals surface area contributed by atoms with Crippen molar-refractivity contribution in [1.82, 2.24) is 4.98 Å². The largest absolute Gasteiger partial charge is 0.369 e. The fourth-order valence-electron chi connectivity index (χ4n) is 0.744. The zero-order valence-corrected chi connectivity index (χ0v) is 8.30. The number of halogens is 3. The summed E-state index contributed by atoms with van der Waals surface area (Å²) in [5.41, 5.74) is 0.642. The molecule has 1 rings (SSSR count). The molecule has 0 aromatic carbocycles. The van der Waals surface area contributed by atoms with E-state index in [4.69, 9.17) is 4.74 Å². The molecule has 0 atom stereocenters. The number of aromatic nitrogens is 1. The first-order valence-electron chi connectivity index (χ1n) is 3.65. The first-order valence-corrected chi connectivity index (χ1v) is 4.44. The average molecular weight is 252 g/mol. The predicted octanol–water partition coefficient (Wildman–Crippen LogP) is 2.63. The monoisotopic (exact) mass is 251 g/mol. The van der Waals surface area contributed by atoms with E-state index < -0.39 is 13.0 Å². The van der Waals surface area contributed by atoms with Crippen LogP contribution >= 0.6 is 15.9 Å². The van der Waals surface area contributed by atoms with Crippen LogP contribution in [0.15, 0.2) is 22.8 Å². The van der Waals surface area contributed by atoms with Crippen molar-refractivity contribution in [3.63, 3.8) is 0 Å². The van der Waals surface area contributed by atoms with Gasteiger partial charge in [-0.25, -0.2) is 8.78 Å². The van der Waals surface area contributed by atoms with Crippen LogP contribution in [0.4, 0.5) is 8.78 Å². The highest BCUT2D eigenvalue weighted by molar-refractivity contribution is 9.10. The molecule has 1 heterocycles. The highest BCUT2D eigenvalue weighted by atomic mass is 79.9. The van der Waals surface area contributed by atoms with Crippen LogP contribution in [0, 0.1) is 0 Å². The van der Waals surface area contributed by atoms with E-state index in [-0.39, 0.29) is 6.61 Å². The van der Waals surface area contributed by atoms with Crippen molar-refractivity contribution in [2.24, 2.45) is 0 Å². The molecular weight excluding hydrogens is 244 g/mol. The molecular formula is C8H8BrF2NO. The molecule has 0 bridgehead atoms. The second kappa shape index (κ2) is 5.24. The van der Waals surface area contributed by atoms with Gasteiger partial charge >= 0.3 is 0 Å². The van der Waals surface area contributed by atoms with Crippen LogP contribution in [0.3, 0.4) is 0 Å². The van der Waals surface area contributed by atoms with Gasteiger partial charge in [0.25, 0.3) is 6.43 Å². The van der Waals surface area contributed by atoms with E-state index in [0.717, 1.165) is 4.47 Å². The number of ether oxygens (including phenoxy) is 1. The van der Waals surface area contributed by atoms with Gasteiger partial charge in [0.05, 0.1) is 12.3 Å². The van der Waals surface area contributed by atoms with Gasteiger partial charge in [0.2, 0.25) is 0 Å². The lowest BCUT2D eigenvalue weighted by atomic mass is 10.4. The molecule has 0 aliphatic rings. The smallest absolute Gasteiger partial charge is 0.261 e. The third kappa shape index (κ3) is 4.28. The van der Waals surface area contributed by atoms with E-state index in [1.54, 1.807) is 18.3 Å². The lowest BCUT2D eigenvalue weighted by Crippen LogP contribution is -2.04. The van der Waals surface area contributed by atoms with Crippen LogP contribution in [0.5, 0.6) is 0 Å². The third-order valence-electron chi connectivity index (χ3n) is 1.28. The second-order valence-electron chi connectivity index (χ2n) is 2.37. The molecule has 0 saturated heterocycles. The van der Waals surface area contributed by atoms with Crippen LogP contribution in [0.25, 0.3) is 0 Å². The Kier molecular flexibility index (Phi) is 4.24. The van der Waals surface area contributed by atoms with Gasteiger partial charge in [-0.05, 0) is 28.1 Å². The Bertz CT molecular complexity index is 253. The lowest BCUT2D eigenvalue weighted by Gasteiger charge is -2.02. The van der Waals surface area contributed by atoms with E-state index in [0.29, 0.717) is 5.69 Å². The van der Waals surface area contributed by atoms with Gasteiger partial charge in [-0.15, -0.1) is 0 Å². The Morgan fingerprint density at radius 1 is 1.46 bits per heavy atom. The Labute approximate surface area is 83.1 Å². The molecule has 0 unspecified atom stereocenters. The number of alkyl halides is 2. The van der Waals surface area contributed by atoms with E-state index in [1.807, 2.05) is 0 Å². The minimum absolute atomic E-state index is 0.123. The summed E-state index contributed by atoms with van der Waals surface area (Å²) < 4.78 is 28.8. The zero-order chi connectivity index (χ0) is 9.68. The summed E-state index contributed by atoms with van der Waals surface area (Å²) in [5, 5.41) is 0. The van der Waals surface area contributed by atoms with Gasteiger partial charge in [0.15, 0.2) is 0 Å². The fraction of sp³-hybridized carbons (Fsp3) is 0.375. The molecule has 1 aromatic heterocycles. The first kappa shape index (κ1) is 10.5. The summed E-state index contributed by atoms with van der Waals surface area (Å²) in [4.78, 5) is 3.96. The standard InChI is InChI=1S/C8H8BrF2NO/c9-6-1-2-7(12-3-6)4-13-5-8(10)11/h1-3,8H,4-5H2. The topological polar surface area (TPSA) is 22.1 Å². The van der Waals surface area contributed by atoms with Crippen LogP contribution < -0.4 is 0 Å². The highest BCUT2D eigenvalue weighted by Crippen LogP contribution is 2.08. The minimum atomic E-state index is -2.42. The van der Waals surface area contributed by atoms with Gasteiger partial charge in [-0.2, -0.15) is 0 Å². The van der Waals surface area contributed by atoms with Crippen molar-refractivity contribution >= 4 is 15.9 Å². The summed E-state index contributed by atoms with van der Waals surface area (Å²) in [7, 11) is 0. The predicted molar refractivity (Wildman–Crippen MR) is 47.6 cm³/mol. The number of nitrogens with zero attached hydrogens (tertiary/aromatic N) is 1. The Morgan fingerprint density at radius 2 is 2.23 bits per heavy atom. The molecule has 0 saturated carbocycles. The van der Waals surface area contributed by atoms with Crippen LogP contribution in [0.1, 0.15) is 5.69 Å². The Balaban J connectivity index is 2.33. The van der Waals surface area contributed by atoms with E-state index in [9.17, 15) is 8.78 Å². The van der Waals surface area contributed by atoms with Gasteiger partial charge in [0.1, 0.15) is 6.61 Å². The number of hydrogen-bond donors (Lipinski definition) is 0. The van der Waals surface area contributed by atoms with Crippen molar-refractivity contribution in [3.05, 3.63) is 28.5 Å². The van der Waals surface area contributed by atoms with Gasteiger partial charge in [-0.1, -0.05) is 0 Å². The van der Waals surface area contributed by atoms with Crippen LogP contribution in [0.2, 0.25) is 0 Å². The molecule has 1 aromatic rings. The quantitative estimate of drug-likeness (QED) is 0.821. The summed E-state index contributed by atoms with van der Waals surface area (Å²) in [6.07, 6.45) is -0.823. The maximum absolute atomic E-state index is 11.6. The molecule has 13 heavy (non-hydrogen) atoms. The minimum Gasteiger partial charge on any atom is -0.369 e. The van der Waals surface area contributed by atoms with E-state index in [2.05, 4.69) is 20.9 Å². The molecule has 0 spiro atoms. The lowest BCUT2D eigenvalue weighted by molar-refractivity contribution is 0.00883. The fourth-order valence-corrected chi connectivity index (χ4v) is 0.979. The van der Waals surface area contributed by atoms with Crippen molar-refractivity contribution < 1.29 is 13.5 Å². The van der Waals surface area contributed by atoms with E-state index >= 15 is 0 Å². The second-order valence-corrected chi connectivity index (χ2v) is 3.29. The van der Waals surface area contributed by atoms with Crippen molar-refractivity contribution in [2.45, 2.75) is 13.0 Å². The average Bonchev–Trinajstić information content (AvgIpc) is 2.08. The van der Waals surface area contributed by atoms with Gasteiger partial charge in [-0.3, -0.25) is 4.98 Å². The molecule has 0 radical (unpaired) electrons.